The Morgan fingerprint density at radius 1 is 1.22 bits per heavy atom. The lowest BCUT2D eigenvalue weighted by molar-refractivity contribution is 0.639. The minimum Gasteiger partial charge on any atom is -0.335 e. The van der Waals surface area contributed by atoms with Gasteiger partial charge in [-0.15, -0.1) is 21.5 Å². The fourth-order valence-electron chi connectivity index (χ4n) is 2.77. The lowest BCUT2D eigenvalue weighted by Gasteiger charge is -2.17. The summed E-state index contributed by atoms with van der Waals surface area (Å²) in [6.45, 7) is 1.93. The molecule has 0 atom stereocenters. The Morgan fingerprint density at radius 2 is 2.09 bits per heavy atom. The molecule has 118 valence electrons. The number of nitrogens with zero attached hydrogens (tertiary/aromatic N) is 5. The number of hydrogen-bond acceptors (Lipinski definition) is 7. The Labute approximate surface area is 142 Å². The minimum atomic E-state index is 0.652. The van der Waals surface area contributed by atoms with E-state index in [-0.39, 0.29) is 0 Å². The van der Waals surface area contributed by atoms with E-state index in [1.165, 1.54) is 35.9 Å². The van der Waals surface area contributed by atoms with Crippen molar-refractivity contribution in [3.05, 3.63) is 34.6 Å². The van der Waals surface area contributed by atoms with E-state index in [4.69, 9.17) is 5.84 Å². The SMILES string of the molecule is Cc1nc2c(c(Sc3nnc(-c4cccs4)n3N)n1)CCCC2. The highest BCUT2D eigenvalue weighted by atomic mass is 32.2. The third kappa shape index (κ3) is 2.72. The summed E-state index contributed by atoms with van der Waals surface area (Å²) >= 11 is 3.08. The quantitative estimate of drug-likeness (QED) is 0.581. The average Bonchev–Trinajstić information content (AvgIpc) is 3.18. The van der Waals surface area contributed by atoms with Gasteiger partial charge in [-0.1, -0.05) is 6.07 Å². The normalized spacial score (nSPS) is 14.0. The van der Waals surface area contributed by atoms with Gasteiger partial charge >= 0.3 is 0 Å². The maximum atomic E-state index is 6.19. The molecule has 1 aliphatic carbocycles. The van der Waals surface area contributed by atoms with Crippen molar-refractivity contribution in [1.82, 2.24) is 24.8 Å². The van der Waals surface area contributed by atoms with E-state index in [0.29, 0.717) is 11.0 Å². The minimum absolute atomic E-state index is 0.652. The lowest BCUT2D eigenvalue weighted by atomic mass is 9.97. The molecular weight excluding hydrogens is 328 g/mol. The standard InChI is InChI=1S/C15H16N6S2/c1-9-17-11-6-3-2-5-10(11)14(18-9)23-15-20-19-13(21(15)16)12-7-4-8-22-12/h4,7-8H,2-3,5-6,16H2,1H3. The molecule has 6 nitrogen and oxygen atoms in total. The molecule has 3 heterocycles. The highest BCUT2D eigenvalue weighted by molar-refractivity contribution is 7.99. The molecule has 4 rings (SSSR count). The summed E-state index contributed by atoms with van der Waals surface area (Å²) in [7, 11) is 0. The highest BCUT2D eigenvalue weighted by Gasteiger charge is 2.20. The van der Waals surface area contributed by atoms with Crippen molar-refractivity contribution in [1.29, 1.82) is 0 Å². The number of fused-ring (bicyclic) bond motifs is 1. The summed E-state index contributed by atoms with van der Waals surface area (Å²) in [5.41, 5.74) is 2.42. The van der Waals surface area contributed by atoms with E-state index >= 15 is 0 Å². The van der Waals surface area contributed by atoms with Crippen LogP contribution in [0.25, 0.3) is 10.7 Å². The molecular formula is C15H16N6S2. The molecule has 8 heteroatoms. The van der Waals surface area contributed by atoms with Gasteiger partial charge in [0.25, 0.3) is 0 Å². The molecule has 2 N–H and O–H groups in total. The predicted molar refractivity (Wildman–Crippen MR) is 91.0 cm³/mol. The van der Waals surface area contributed by atoms with E-state index in [1.807, 2.05) is 24.4 Å². The maximum Gasteiger partial charge on any atom is 0.216 e. The van der Waals surface area contributed by atoms with Crippen LogP contribution >= 0.6 is 23.1 Å². The van der Waals surface area contributed by atoms with Crippen LogP contribution in [0, 0.1) is 6.92 Å². The summed E-state index contributed by atoms with van der Waals surface area (Å²) in [6.07, 6.45) is 4.43. The van der Waals surface area contributed by atoms with Gasteiger partial charge in [-0.2, -0.15) is 0 Å². The summed E-state index contributed by atoms with van der Waals surface area (Å²) in [5, 5.41) is 12.1. The van der Waals surface area contributed by atoms with Crippen molar-refractivity contribution >= 4 is 23.1 Å². The molecule has 3 aromatic rings. The van der Waals surface area contributed by atoms with Gasteiger partial charge in [0.15, 0.2) is 5.82 Å². The third-order valence-corrected chi connectivity index (χ3v) is 5.71. The van der Waals surface area contributed by atoms with Crippen LogP contribution in [-0.4, -0.2) is 24.8 Å². The average molecular weight is 344 g/mol. The number of aryl methyl sites for hydroxylation is 2. The van der Waals surface area contributed by atoms with Gasteiger partial charge in [0.1, 0.15) is 10.9 Å². The second-order valence-electron chi connectivity index (χ2n) is 5.46. The number of rotatable bonds is 3. The van der Waals surface area contributed by atoms with Crippen molar-refractivity contribution in [2.75, 3.05) is 5.84 Å². The largest absolute Gasteiger partial charge is 0.335 e. The summed E-state index contributed by atoms with van der Waals surface area (Å²) < 4.78 is 1.54. The van der Waals surface area contributed by atoms with Gasteiger partial charge in [-0.3, -0.25) is 0 Å². The molecule has 0 saturated carbocycles. The Morgan fingerprint density at radius 3 is 2.91 bits per heavy atom. The van der Waals surface area contributed by atoms with E-state index in [2.05, 4.69) is 20.2 Å². The number of nitrogens with two attached hydrogens (primary N) is 1. The van der Waals surface area contributed by atoms with Crippen LogP contribution in [0.2, 0.25) is 0 Å². The number of thiophene rings is 1. The van der Waals surface area contributed by atoms with E-state index < -0.39 is 0 Å². The first-order valence-corrected chi connectivity index (χ1v) is 9.20. The van der Waals surface area contributed by atoms with Crippen LogP contribution in [0.1, 0.15) is 29.9 Å². The van der Waals surface area contributed by atoms with Gasteiger partial charge in [0, 0.05) is 11.3 Å². The summed E-state index contributed by atoms with van der Waals surface area (Å²) in [6, 6.07) is 3.97. The van der Waals surface area contributed by atoms with Crippen molar-refractivity contribution in [3.63, 3.8) is 0 Å². The fourth-order valence-corrected chi connectivity index (χ4v) is 4.43. The van der Waals surface area contributed by atoms with Gasteiger partial charge in [-0.05, 0) is 55.8 Å². The molecule has 1 aliphatic rings. The first kappa shape index (κ1) is 14.6. The second-order valence-corrected chi connectivity index (χ2v) is 7.37. The summed E-state index contributed by atoms with van der Waals surface area (Å²) in [5.74, 6) is 7.67. The van der Waals surface area contributed by atoms with Crippen LogP contribution in [0.3, 0.4) is 0 Å². The zero-order chi connectivity index (χ0) is 15.8. The first-order valence-electron chi connectivity index (χ1n) is 7.51. The zero-order valence-electron chi connectivity index (χ0n) is 12.7. The van der Waals surface area contributed by atoms with Crippen LogP contribution in [0.15, 0.2) is 27.7 Å². The Kier molecular flexibility index (Phi) is 3.78. The van der Waals surface area contributed by atoms with E-state index in [0.717, 1.165) is 28.6 Å². The van der Waals surface area contributed by atoms with Crippen molar-refractivity contribution in [2.24, 2.45) is 0 Å². The molecule has 0 spiro atoms. The second kappa shape index (κ2) is 5.93. The summed E-state index contributed by atoms with van der Waals surface area (Å²) in [4.78, 5) is 10.2. The van der Waals surface area contributed by atoms with Crippen LogP contribution in [-0.2, 0) is 12.8 Å². The number of hydrogen-bond donors (Lipinski definition) is 1. The Bertz CT molecular complexity index is 840. The molecule has 0 bridgehead atoms. The van der Waals surface area contributed by atoms with Gasteiger partial charge in [0.2, 0.25) is 5.16 Å². The Balaban J connectivity index is 1.71. The van der Waals surface area contributed by atoms with Crippen molar-refractivity contribution in [2.45, 2.75) is 42.8 Å². The maximum absolute atomic E-state index is 6.19. The molecule has 0 aliphatic heterocycles. The lowest BCUT2D eigenvalue weighted by Crippen LogP contribution is -2.13. The zero-order valence-corrected chi connectivity index (χ0v) is 14.3. The van der Waals surface area contributed by atoms with Crippen LogP contribution in [0.4, 0.5) is 0 Å². The van der Waals surface area contributed by atoms with Gasteiger partial charge < -0.3 is 5.84 Å². The predicted octanol–water partition coefficient (Wildman–Crippen LogP) is 2.85. The van der Waals surface area contributed by atoms with Crippen molar-refractivity contribution in [3.8, 4) is 10.7 Å². The molecule has 0 unspecified atom stereocenters. The van der Waals surface area contributed by atoms with Crippen LogP contribution in [0.5, 0.6) is 0 Å². The molecule has 23 heavy (non-hydrogen) atoms. The van der Waals surface area contributed by atoms with E-state index in [9.17, 15) is 0 Å². The fraction of sp³-hybridized carbons (Fsp3) is 0.333. The monoisotopic (exact) mass is 344 g/mol. The van der Waals surface area contributed by atoms with E-state index in [1.54, 1.807) is 16.0 Å². The molecule has 0 fully saturated rings. The van der Waals surface area contributed by atoms with Crippen LogP contribution < -0.4 is 5.84 Å². The molecule has 0 saturated heterocycles. The van der Waals surface area contributed by atoms with Gasteiger partial charge in [-0.25, -0.2) is 14.6 Å². The Hall–Kier alpha value is -1.93. The van der Waals surface area contributed by atoms with Gasteiger partial charge in [0.05, 0.1) is 4.88 Å². The molecule has 0 radical (unpaired) electrons. The number of aromatic nitrogens is 5. The number of nitrogen functional groups attached to an aromatic ring is 1. The third-order valence-electron chi connectivity index (χ3n) is 3.85. The van der Waals surface area contributed by atoms with Crippen molar-refractivity contribution < 1.29 is 0 Å². The first-order chi connectivity index (χ1) is 11.2. The molecule has 3 aromatic heterocycles. The smallest absolute Gasteiger partial charge is 0.216 e. The highest BCUT2D eigenvalue weighted by Crippen LogP contribution is 2.33. The molecule has 0 aromatic carbocycles. The molecule has 0 amide bonds. The topological polar surface area (TPSA) is 82.5 Å².